The predicted octanol–water partition coefficient (Wildman–Crippen LogP) is 5.14. The number of aryl methyl sites for hydroxylation is 1. The third-order valence-electron chi connectivity index (χ3n) is 4.16. The Balaban J connectivity index is 2.14. The molecule has 3 rings (SSSR count). The Bertz CT molecular complexity index is 930. The van der Waals surface area contributed by atoms with Gasteiger partial charge in [-0.2, -0.15) is 0 Å². The number of benzene rings is 3. The lowest BCUT2D eigenvalue weighted by Crippen LogP contribution is -2.35. The summed E-state index contributed by atoms with van der Waals surface area (Å²) in [4.78, 5) is 19.0. The molecule has 0 bridgehead atoms. The molecule has 0 aliphatic carbocycles. The summed E-state index contributed by atoms with van der Waals surface area (Å²) in [7, 11) is 1.62. The smallest absolute Gasteiger partial charge is 0.229 e. The van der Waals surface area contributed by atoms with Crippen LogP contribution in [0.3, 0.4) is 0 Å². The molecule has 0 N–H and O–H groups in total. The van der Waals surface area contributed by atoms with Gasteiger partial charge >= 0.3 is 0 Å². The molecule has 0 aliphatic heterocycles. The highest BCUT2D eigenvalue weighted by molar-refractivity contribution is 6.23. The third-order valence-corrected chi connectivity index (χ3v) is 4.16. The summed E-state index contributed by atoms with van der Waals surface area (Å²) in [5.41, 5.74) is 3.54. The highest BCUT2D eigenvalue weighted by Crippen LogP contribution is 2.24. The second kappa shape index (κ2) is 8.32. The van der Waals surface area contributed by atoms with Crippen molar-refractivity contribution in [2.75, 3.05) is 12.0 Å². The molecule has 0 spiro atoms. The van der Waals surface area contributed by atoms with Gasteiger partial charge in [-0.25, -0.2) is 4.99 Å². The lowest BCUT2D eigenvalue weighted by atomic mass is 10.1. The Labute approximate surface area is 159 Å². The molecule has 0 unspecified atom stereocenters. The molecule has 4 heteroatoms. The van der Waals surface area contributed by atoms with E-state index in [1.165, 1.54) is 0 Å². The summed E-state index contributed by atoms with van der Waals surface area (Å²) >= 11 is 0. The quantitative estimate of drug-likeness (QED) is 0.479. The van der Waals surface area contributed by atoms with Crippen molar-refractivity contribution in [2.24, 2.45) is 4.99 Å². The molecule has 136 valence electrons. The number of amides is 1. The monoisotopic (exact) mass is 358 g/mol. The minimum atomic E-state index is -0.115. The number of para-hydroxylation sites is 1. The van der Waals surface area contributed by atoms with Crippen LogP contribution >= 0.6 is 0 Å². The second-order valence-electron chi connectivity index (χ2n) is 6.19. The van der Waals surface area contributed by atoms with Crippen LogP contribution in [-0.2, 0) is 4.79 Å². The van der Waals surface area contributed by atoms with E-state index in [0.29, 0.717) is 5.84 Å². The van der Waals surface area contributed by atoms with E-state index in [9.17, 15) is 4.79 Å². The van der Waals surface area contributed by atoms with Crippen LogP contribution in [0.2, 0.25) is 0 Å². The fourth-order valence-electron chi connectivity index (χ4n) is 2.76. The number of aliphatic imine (C=N–C) groups is 1. The lowest BCUT2D eigenvalue weighted by molar-refractivity contribution is -0.115. The SMILES string of the molecule is COc1ccc(N(C(C)=O)C(=Nc2ccccc2)c2ccc(C)cc2)cc1. The maximum absolute atomic E-state index is 12.6. The Kier molecular flexibility index (Phi) is 5.67. The first-order chi connectivity index (χ1) is 13.1. The van der Waals surface area contributed by atoms with Crippen molar-refractivity contribution in [1.82, 2.24) is 0 Å². The molecule has 3 aromatic carbocycles. The van der Waals surface area contributed by atoms with E-state index >= 15 is 0 Å². The van der Waals surface area contributed by atoms with Gasteiger partial charge in [0.05, 0.1) is 18.5 Å². The van der Waals surface area contributed by atoms with Gasteiger partial charge in [0.15, 0.2) is 0 Å². The molecular formula is C23H22N2O2. The van der Waals surface area contributed by atoms with E-state index in [1.54, 1.807) is 18.9 Å². The Hall–Kier alpha value is -3.40. The van der Waals surface area contributed by atoms with Crippen LogP contribution < -0.4 is 9.64 Å². The van der Waals surface area contributed by atoms with Crippen LogP contribution in [0.15, 0.2) is 83.9 Å². The highest BCUT2D eigenvalue weighted by Gasteiger charge is 2.20. The van der Waals surface area contributed by atoms with Crippen molar-refractivity contribution in [2.45, 2.75) is 13.8 Å². The molecule has 0 aliphatic rings. The molecule has 27 heavy (non-hydrogen) atoms. The number of hydrogen-bond donors (Lipinski definition) is 0. The topological polar surface area (TPSA) is 41.9 Å². The molecular weight excluding hydrogens is 336 g/mol. The van der Waals surface area contributed by atoms with Crippen molar-refractivity contribution in [3.8, 4) is 5.75 Å². The Morgan fingerprint density at radius 1 is 0.889 bits per heavy atom. The fourth-order valence-corrected chi connectivity index (χ4v) is 2.76. The van der Waals surface area contributed by atoms with Gasteiger partial charge in [-0.05, 0) is 43.3 Å². The molecule has 0 atom stereocenters. The first kappa shape index (κ1) is 18.4. The minimum absolute atomic E-state index is 0.115. The average molecular weight is 358 g/mol. The highest BCUT2D eigenvalue weighted by atomic mass is 16.5. The number of nitrogens with zero attached hydrogens (tertiary/aromatic N) is 2. The van der Waals surface area contributed by atoms with Gasteiger partial charge in [-0.15, -0.1) is 0 Å². The summed E-state index contributed by atoms with van der Waals surface area (Å²) in [6.45, 7) is 3.57. The van der Waals surface area contributed by atoms with Gasteiger partial charge < -0.3 is 4.74 Å². The van der Waals surface area contributed by atoms with E-state index in [4.69, 9.17) is 9.73 Å². The van der Waals surface area contributed by atoms with Crippen LogP contribution in [0.5, 0.6) is 5.75 Å². The number of ether oxygens (including phenoxy) is 1. The van der Waals surface area contributed by atoms with Gasteiger partial charge in [0.2, 0.25) is 5.91 Å². The van der Waals surface area contributed by atoms with E-state index in [1.807, 2.05) is 85.8 Å². The standard InChI is InChI=1S/C23H22N2O2/c1-17-9-11-19(12-10-17)23(24-20-7-5-4-6-8-20)25(18(2)26)21-13-15-22(27-3)16-14-21/h4-16H,1-3H3. The van der Waals surface area contributed by atoms with Gasteiger partial charge in [-0.3, -0.25) is 9.69 Å². The molecule has 0 saturated heterocycles. The van der Waals surface area contributed by atoms with E-state index in [2.05, 4.69) is 0 Å². The molecule has 3 aromatic rings. The number of anilines is 1. The van der Waals surface area contributed by atoms with Gasteiger partial charge in [-0.1, -0.05) is 48.0 Å². The zero-order valence-corrected chi connectivity index (χ0v) is 15.7. The van der Waals surface area contributed by atoms with Gasteiger partial charge in [0.25, 0.3) is 0 Å². The van der Waals surface area contributed by atoms with Crippen molar-refractivity contribution in [3.05, 3.63) is 90.0 Å². The Morgan fingerprint density at radius 2 is 1.52 bits per heavy atom. The van der Waals surface area contributed by atoms with Crippen LogP contribution in [0.1, 0.15) is 18.1 Å². The average Bonchev–Trinajstić information content (AvgIpc) is 2.69. The maximum atomic E-state index is 12.6. The number of amidine groups is 1. The summed E-state index contributed by atoms with van der Waals surface area (Å²) in [5.74, 6) is 1.20. The number of rotatable bonds is 4. The predicted molar refractivity (Wildman–Crippen MR) is 110 cm³/mol. The van der Waals surface area contributed by atoms with Gasteiger partial charge in [0, 0.05) is 12.5 Å². The second-order valence-corrected chi connectivity index (χ2v) is 6.19. The number of carbonyl (C=O) groups excluding carboxylic acids is 1. The number of methoxy groups -OCH3 is 1. The molecule has 1 amide bonds. The van der Waals surface area contributed by atoms with Gasteiger partial charge in [0.1, 0.15) is 11.6 Å². The van der Waals surface area contributed by atoms with E-state index in [-0.39, 0.29) is 5.91 Å². The molecule has 0 saturated carbocycles. The molecule has 0 aromatic heterocycles. The van der Waals surface area contributed by atoms with E-state index in [0.717, 1.165) is 28.3 Å². The normalized spacial score (nSPS) is 11.1. The van der Waals surface area contributed by atoms with Crippen molar-refractivity contribution in [1.29, 1.82) is 0 Å². The zero-order chi connectivity index (χ0) is 19.2. The van der Waals surface area contributed by atoms with Crippen LogP contribution in [-0.4, -0.2) is 18.9 Å². The molecule has 0 radical (unpaired) electrons. The molecule has 0 fully saturated rings. The maximum Gasteiger partial charge on any atom is 0.229 e. The number of hydrogen-bond acceptors (Lipinski definition) is 3. The van der Waals surface area contributed by atoms with Crippen molar-refractivity contribution in [3.63, 3.8) is 0 Å². The van der Waals surface area contributed by atoms with E-state index < -0.39 is 0 Å². The van der Waals surface area contributed by atoms with Crippen molar-refractivity contribution < 1.29 is 9.53 Å². The number of carbonyl (C=O) groups is 1. The lowest BCUT2D eigenvalue weighted by Gasteiger charge is -2.24. The first-order valence-corrected chi connectivity index (χ1v) is 8.74. The third kappa shape index (κ3) is 4.42. The molecule has 4 nitrogen and oxygen atoms in total. The Morgan fingerprint density at radius 3 is 2.07 bits per heavy atom. The molecule has 0 heterocycles. The zero-order valence-electron chi connectivity index (χ0n) is 15.7. The summed E-state index contributed by atoms with van der Waals surface area (Å²) < 4.78 is 5.23. The largest absolute Gasteiger partial charge is 0.497 e. The fraction of sp³-hybridized carbons (Fsp3) is 0.130. The summed E-state index contributed by atoms with van der Waals surface area (Å²) in [6.07, 6.45) is 0. The summed E-state index contributed by atoms with van der Waals surface area (Å²) in [5, 5.41) is 0. The van der Waals surface area contributed by atoms with Crippen LogP contribution in [0.25, 0.3) is 0 Å². The first-order valence-electron chi connectivity index (χ1n) is 8.74. The summed E-state index contributed by atoms with van der Waals surface area (Å²) in [6, 6.07) is 25.0. The van der Waals surface area contributed by atoms with Crippen molar-refractivity contribution >= 4 is 23.1 Å². The minimum Gasteiger partial charge on any atom is -0.497 e. The van der Waals surface area contributed by atoms with Crippen LogP contribution in [0.4, 0.5) is 11.4 Å². The van der Waals surface area contributed by atoms with Crippen LogP contribution in [0, 0.1) is 6.92 Å².